The molecule has 0 unspecified atom stereocenters. The van der Waals surface area contributed by atoms with Gasteiger partial charge in [-0.1, -0.05) is 6.07 Å². The minimum Gasteiger partial charge on any atom is -0.504 e. The van der Waals surface area contributed by atoms with Crippen LogP contribution in [0.2, 0.25) is 0 Å². The Morgan fingerprint density at radius 2 is 1.69 bits per heavy atom. The second-order valence-electron chi connectivity index (χ2n) is 5.72. The molecule has 134 valence electrons. The van der Waals surface area contributed by atoms with Crippen molar-refractivity contribution in [2.45, 2.75) is 6.92 Å². The van der Waals surface area contributed by atoms with E-state index < -0.39 is 0 Å². The van der Waals surface area contributed by atoms with Crippen LogP contribution in [-0.2, 0) is 4.79 Å². The smallest absolute Gasteiger partial charge is 0.224 e. The van der Waals surface area contributed by atoms with Crippen molar-refractivity contribution in [1.29, 1.82) is 0 Å². The number of benzene rings is 2. The van der Waals surface area contributed by atoms with Gasteiger partial charge < -0.3 is 19.7 Å². The summed E-state index contributed by atoms with van der Waals surface area (Å²) < 4.78 is 10.6. The van der Waals surface area contributed by atoms with Crippen LogP contribution in [0.5, 0.6) is 23.0 Å². The van der Waals surface area contributed by atoms with Crippen molar-refractivity contribution >= 4 is 27.9 Å². The standard InChI is InChI=1S/C20H18O5S/c1-11-14(8-12-4-6-15(21)16(22)9-12)20(23)26-19(11)13-5-7-17(24-2)18(10-13)25-3/h4-10,21-22H,1-3H3/b14-8-. The fraction of sp³-hybridized carbons (Fsp3) is 0.150. The van der Waals surface area contributed by atoms with Gasteiger partial charge in [-0.15, -0.1) is 0 Å². The van der Waals surface area contributed by atoms with Crippen LogP contribution in [0.15, 0.2) is 47.5 Å². The Hall–Kier alpha value is -2.86. The normalized spacial score (nSPS) is 15.7. The maximum absolute atomic E-state index is 12.5. The number of carbonyl (C=O) groups is 1. The molecule has 0 saturated heterocycles. The molecule has 1 aliphatic heterocycles. The molecule has 0 radical (unpaired) electrons. The first-order valence-corrected chi connectivity index (χ1v) is 8.65. The van der Waals surface area contributed by atoms with Crippen LogP contribution in [0.4, 0.5) is 0 Å². The summed E-state index contributed by atoms with van der Waals surface area (Å²) in [4.78, 5) is 13.3. The van der Waals surface area contributed by atoms with E-state index in [0.717, 1.165) is 27.8 Å². The van der Waals surface area contributed by atoms with Crippen molar-refractivity contribution < 1.29 is 24.5 Å². The highest BCUT2D eigenvalue weighted by atomic mass is 32.2. The molecular formula is C20H18O5S. The highest BCUT2D eigenvalue weighted by Gasteiger charge is 2.27. The Balaban J connectivity index is 2.03. The SMILES string of the molecule is COc1ccc(C2=C(C)/C(=C/c3ccc(O)c(O)c3)C(=O)S2)cc1OC. The number of phenolic OH excluding ortho intramolecular Hbond substituents is 2. The van der Waals surface area contributed by atoms with Gasteiger partial charge in [-0.3, -0.25) is 4.79 Å². The molecule has 3 rings (SSSR count). The van der Waals surface area contributed by atoms with Gasteiger partial charge in [0.2, 0.25) is 5.12 Å². The van der Waals surface area contributed by atoms with Gasteiger partial charge in [0.25, 0.3) is 0 Å². The minimum absolute atomic E-state index is 0.0696. The van der Waals surface area contributed by atoms with E-state index >= 15 is 0 Å². The molecule has 2 N–H and O–H groups in total. The Morgan fingerprint density at radius 1 is 0.962 bits per heavy atom. The molecule has 1 aliphatic rings. The van der Waals surface area contributed by atoms with Crippen molar-refractivity contribution in [2.75, 3.05) is 14.2 Å². The Kier molecular flexibility index (Phi) is 4.95. The largest absolute Gasteiger partial charge is 0.504 e. The molecule has 6 heteroatoms. The van der Waals surface area contributed by atoms with Crippen LogP contribution in [0, 0.1) is 0 Å². The average molecular weight is 370 g/mol. The number of hydrogen-bond acceptors (Lipinski definition) is 6. The van der Waals surface area contributed by atoms with E-state index in [1.807, 2.05) is 19.1 Å². The molecule has 0 aliphatic carbocycles. The van der Waals surface area contributed by atoms with E-state index in [1.54, 1.807) is 32.4 Å². The third-order valence-electron chi connectivity index (χ3n) is 4.12. The van der Waals surface area contributed by atoms with Crippen molar-refractivity contribution in [3.8, 4) is 23.0 Å². The number of thioether (sulfide) groups is 1. The van der Waals surface area contributed by atoms with Gasteiger partial charge in [-0.25, -0.2) is 0 Å². The highest BCUT2D eigenvalue weighted by Crippen LogP contribution is 2.45. The molecule has 0 spiro atoms. The summed E-state index contributed by atoms with van der Waals surface area (Å²) in [6.07, 6.45) is 1.71. The zero-order valence-corrected chi connectivity index (χ0v) is 15.4. The molecule has 0 aromatic heterocycles. The van der Waals surface area contributed by atoms with E-state index in [-0.39, 0.29) is 16.6 Å². The fourth-order valence-corrected chi connectivity index (χ4v) is 3.73. The van der Waals surface area contributed by atoms with Crippen molar-refractivity contribution in [2.24, 2.45) is 0 Å². The summed E-state index contributed by atoms with van der Waals surface area (Å²) in [6.45, 7) is 1.88. The summed E-state index contributed by atoms with van der Waals surface area (Å²) in [5.41, 5.74) is 2.91. The lowest BCUT2D eigenvalue weighted by atomic mass is 10.0. The molecule has 5 nitrogen and oxygen atoms in total. The first-order chi connectivity index (χ1) is 12.4. The zero-order chi connectivity index (χ0) is 18.8. The molecule has 0 bridgehead atoms. The highest BCUT2D eigenvalue weighted by molar-refractivity contribution is 8.22. The van der Waals surface area contributed by atoms with Gasteiger partial charge in [-0.05, 0) is 71.8 Å². The monoisotopic (exact) mass is 370 g/mol. The quantitative estimate of drug-likeness (QED) is 0.620. The lowest BCUT2D eigenvalue weighted by molar-refractivity contribution is -0.107. The van der Waals surface area contributed by atoms with E-state index in [9.17, 15) is 15.0 Å². The number of aromatic hydroxyl groups is 2. The number of allylic oxidation sites excluding steroid dienone is 1. The molecule has 0 amide bonds. The zero-order valence-electron chi connectivity index (χ0n) is 14.6. The molecule has 0 atom stereocenters. The van der Waals surface area contributed by atoms with Crippen molar-refractivity contribution in [3.05, 3.63) is 58.7 Å². The number of hydrogen-bond donors (Lipinski definition) is 2. The van der Waals surface area contributed by atoms with Crippen molar-refractivity contribution in [1.82, 2.24) is 0 Å². The summed E-state index contributed by atoms with van der Waals surface area (Å²) in [6, 6.07) is 9.98. The maximum atomic E-state index is 12.5. The molecule has 0 saturated carbocycles. The third-order valence-corrected chi connectivity index (χ3v) is 5.27. The first-order valence-electron chi connectivity index (χ1n) is 7.84. The van der Waals surface area contributed by atoms with Crippen LogP contribution in [0.25, 0.3) is 11.0 Å². The van der Waals surface area contributed by atoms with Gasteiger partial charge in [0.1, 0.15) is 0 Å². The Labute approximate surface area is 155 Å². The predicted molar refractivity (Wildman–Crippen MR) is 102 cm³/mol. The van der Waals surface area contributed by atoms with Crippen LogP contribution in [-0.4, -0.2) is 29.5 Å². The number of ether oxygens (including phenoxy) is 2. The topological polar surface area (TPSA) is 76.0 Å². The summed E-state index contributed by atoms with van der Waals surface area (Å²) in [5.74, 6) is 0.801. The number of carbonyl (C=O) groups excluding carboxylic acids is 1. The van der Waals surface area contributed by atoms with Crippen LogP contribution in [0.1, 0.15) is 18.1 Å². The third kappa shape index (κ3) is 3.28. The van der Waals surface area contributed by atoms with Gasteiger partial charge in [0.15, 0.2) is 23.0 Å². The van der Waals surface area contributed by atoms with Crippen LogP contribution >= 0.6 is 11.8 Å². The summed E-state index contributed by atoms with van der Waals surface area (Å²) in [5, 5.41) is 19.0. The van der Waals surface area contributed by atoms with E-state index in [1.165, 1.54) is 12.1 Å². The van der Waals surface area contributed by atoms with Gasteiger partial charge >= 0.3 is 0 Å². The predicted octanol–water partition coefficient (Wildman–Crippen LogP) is 4.20. The van der Waals surface area contributed by atoms with E-state index in [2.05, 4.69) is 0 Å². The Bertz CT molecular complexity index is 943. The average Bonchev–Trinajstić information content (AvgIpc) is 2.92. The van der Waals surface area contributed by atoms with Crippen molar-refractivity contribution in [3.63, 3.8) is 0 Å². The second kappa shape index (κ2) is 7.17. The van der Waals surface area contributed by atoms with Gasteiger partial charge in [-0.2, -0.15) is 0 Å². The lowest BCUT2D eigenvalue weighted by Gasteiger charge is -2.10. The van der Waals surface area contributed by atoms with Crippen LogP contribution < -0.4 is 9.47 Å². The maximum Gasteiger partial charge on any atom is 0.224 e. The molecule has 2 aromatic carbocycles. The second-order valence-corrected chi connectivity index (χ2v) is 6.70. The lowest BCUT2D eigenvalue weighted by Crippen LogP contribution is -1.92. The van der Waals surface area contributed by atoms with Gasteiger partial charge in [0.05, 0.1) is 14.2 Å². The van der Waals surface area contributed by atoms with E-state index in [4.69, 9.17) is 9.47 Å². The Morgan fingerprint density at radius 3 is 2.35 bits per heavy atom. The molecule has 26 heavy (non-hydrogen) atoms. The molecule has 2 aromatic rings. The molecular weight excluding hydrogens is 352 g/mol. The number of rotatable bonds is 4. The molecule has 0 fully saturated rings. The fourth-order valence-electron chi connectivity index (χ4n) is 2.72. The van der Waals surface area contributed by atoms with Gasteiger partial charge in [0, 0.05) is 10.5 Å². The summed E-state index contributed by atoms with van der Waals surface area (Å²) in [7, 11) is 3.14. The number of phenols is 2. The first kappa shape index (κ1) is 17.9. The van der Waals surface area contributed by atoms with E-state index in [0.29, 0.717) is 22.6 Å². The molecule has 1 heterocycles. The number of methoxy groups -OCH3 is 2. The summed E-state index contributed by atoms with van der Waals surface area (Å²) >= 11 is 1.16. The van der Waals surface area contributed by atoms with Crippen LogP contribution in [0.3, 0.4) is 0 Å². The minimum atomic E-state index is -0.223.